The minimum Gasteiger partial charge on any atom is -0.480 e. The largest absolute Gasteiger partial charge is 0.480 e. The van der Waals surface area contributed by atoms with Crippen molar-refractivity contribution in [2.24, 2.45) is 0 Å². The van der Waals surface area contributed by atoms with Gasteiger partial charge in [0.25, 0.3) is 5.91 Å². The number of halogens is 1. The van der Waals surface area contributed by atoms with Crippen molar-refractivity contribution in [3.63, 3.8) is 0 Å². The van der Waals surface area contributed by atoms with Gasteiger partial charge in [-0.15, -0.1) is 0 Å². The molecule has 1 atom stereocenters. The maximum Gasteiger partial charge on any atom is 0.325 e. The Morgan fingerprint density at radius 2 is 1.95 bits per heavy atom. The number of nitrogens with zero attached hydrogens (tertiary/aromatic N) is 1. The highest BCUT2D eigenvalue weighted by atomic mass is 35.5. The Bertz CT molecular complexity index is 691. The monoisotopic (exact) mass is 320 g/mol. The Hall–Kier alpha value is -2.60. The van der Waals surface area contributed by atoms with Crippen molar-refractivity contribution in [1.82, 2.24) is 10.3 Å². The van der Waals surface area contributed by atoms with Gasteiger partial charge in [-0.25, -0.2) is 0 Å². The zero-order valence-corrected chi connectivity index (χ0v) is 12.4. The molecule has 0 saturated carbocycles. The van der Waals surface area contributed by atoms with Crippen molar-refractivity contribution in [2.75, 3.05) is 0 Å². The van der Waals surface area contributed by atoms with E-state index in [1.54, 1.807) is 30.6 Å². The third kappa shape index (κ3) is 3.95. The lowest BCUT2D eigenvalue weighted by Gasteiger charge is -2.11. The number of pyridine rings is 1. The zero-order valence-electron chi connectivity index (χ0n) is 11.6. The molecule has 0 spiro atoms. The molecular formula is C15H13ClN2O4. The van der Waals surface area contributed by atoms with Crippen LogP contribution in [0, 0.1) is 0 Å². The molecule has 1 heterocycles. The van der Waals surface area contributed by atoms with Gasteiger partial charge in [-0.3, -0.25) is 14.6 Å². The number of hydrogen-bond donors (Lipinski definition) is 2. The van der Waals surface area contributed by atoms with E-state index in [-0.39, 0.29) is 10.6 Å². The number of ether oxygens (including phenoxy) is 1. The number of aliphatic carboxylic acids is 1. The lowest BCUT2D eigenvalue weighted by Crippen LogP contribution is -2.38. The van der Waals surface area contributed by atoms with Crippen LogP contribution in [0.3, 0.4) is 0 Å². The molecule has 0 fully saturated rings. The van der Waals surface area contributed by atoms with Crippen LogP contribution >= 0.6 is 11.6 Å². The van der Waals surface area contributed by atoms with Gasteiger partial charge in [0.2, 0.25) is 0 Å². The molecule has 0 radical (unpaired) electrons. The molecular weight excluding hydrogens is 308 g/mol. The summed E-state index contributed by atoms with van der Waals surface area (Å²) in [5, 5.41) is 11.4. The Balaban J connectivity index is 2.12. The molecule has 6 nitrogen and oxygen atoms in total. The SMILES string of the molecule is CC(NC(=O)c1ccc(Oc2ccncc2)c(Cl)c1)C(=O)O. The summed E-state index contributed by atoms with van der Waals surface area (Å²) < 4.78 is 5.57. The number of carbonyl (C=O) groups is 2. The van der Waals surface area contributed by atoms with E-state index in [9.17, 15) is 9.59 Å². The average Bonchev–Trinajstić information content (AvgIpc) is 2.50. The summed E-state index contributed by atoms with van der Waals surface area (Å²) in [4.78, 5) is 26.5. The summed E-state index contributed by atoms with van der Waals surface area (Å²) in [6, 6.07) is 6.83. The van der Waals surface area contributed by atoms with Crippen LogP contribution in [0.1, 0.15) is 17.3 Å². The van der Waals surface area contributed by atoms with Crippen molar-refractivity contribution in [1.29, 1.82) is 0 Å². The van der Waals surface area contributed by atoms with Gasteiger partial charge in [0.15, 0.2) is 0 Å². The predicted molar refractivity (Wildman–Crippen MR) is 80.3 cm³/mol. The molecule has 22 heavy (non-hydrogen) atoms. The summed E-state index contributed by atoms with van der Waals surface area (Å²) in [5.74, 6) is -0.686. The van der Waals surface area contributed by atoms with Crippen LogP contribution in [0.25, 0.3) is 0 Å². The smallest absolute Gasteiger partial charge is 0.325 e. The fourth-order valence-electron chi connectivity index (χ4n) is 1.60. The van der Waals surface area contributed by atoms with Gasteiger partial charge < -0.3 is 15.2 Å². The highest BCUT2D eigenvalue weighted by Gasteiger charge is 2.16. The highest BCUT2D eigenvalue weighted by Crippen LogP contribution is 2.29. The first-order valence-corrected chi connectivity index (χ1v) is 6.76. The molecule has 1 aromatic carbocycles. The van der Waals surface area contributed by atoms with E-state index in [0.29, 0.717) is 11.5 Å². The Labute approximate surface area is 131 Å². The molecule has 0 aliphatic carbocycles. The minimum absolute atomic E-state index is 0.243. The van der Waals surface area contributed by atoms with Gasteiger partial charge in [-0.1, -0.05) is 11.6 Å². The second kappa shape index (κ2) is 6.91. The summed E-state index contributed by atoms with van der Waals surface area (Å²) in [5.41, 5.74) is 0.250. The molecule has 7 heteroatoms. The fourth-order valence-corrected chi connectivity index (χ4v) is 1.82. The number of benzene rings is 1. The van der Waals surface area contributed by atoms with E-state index in [4.69, 9.17) is 21.4 Å². The van der Waals surface area contributed by atoms with E-state index < -0.39 is 17.9 Å². The maximum atomic E-state index is 11.9. The number of carboxylic acids is 1. The van der Waals surface area contributed by atoms with Gasteiger partial charge >= 0.3 is 5.97 Å². The number of aromatic nitrogens is 1. The van der Waals surface area contributed by atoms with Gasteiger partial charge in [-0.2, -0.15) is 0 Å². The number of nitrogens with one attached hydrogen (secondary N) is 1. The first-order chi connectivity index (χ1) is 10.5. The number of carbonyl (C=O) groups excluding carboxylic acids is 1. The standard InChI is InChI=1S/C15H13ClN2O4/c1-9(15(20)21)18-14(19)10-2-3-13(12(16)8-10)22-11-4-6-17-7-5-11/h2-9H,1H3,(H,18,19)(H,20,21). The van der Waals surface area contributed by atoms with Gasteiger partial charge in [-0.05, 0) is 37.3 Å². The molecule has 2 N–H and O–H groups in total. The van der Waals surface area contributed by atoms with E-state index in [1.165, 1.54) is 19.1 Å². The van der Waals surface area contributed by atoms with Crippen LogP contribution in [-0.4, -0.2) is 28.0 Å². The van der Waals surface area contributed by atoms with Crippen molar-refractivity contribution in [3.05, 3.63) is 53.3 Å². The lowest BCUT2D eigenvalue weighted by atomic mass is 10.2. The highest BCUT2D eigenvalue weighted by molar-refractivity contribution is 6.32. The molecule has 0 saturated heterocycles. The fraction of sp³-hybridized carbons (Fsp3) is 0.133. The van der Waals surface area contributed by atoms with Crippen LogP contribution in [0.4, 0.5) is 0 Å². The molecule has 0 aliphatic rings. The Morgan fingerprint density at radius 1 is 1.27 bits per heavy atom. The minimum atomic E-state index is -1.11. The number of amides is 1. The molecule has 1 amide bonds. The van der Waals surface area contributed by atoms with E-state index in [1.807, 2.05) is 0 Å². The van der Waals surface area contributed by atoms with Crippen LogP contribution in [0.15, 0.2) is 42.7 Å². The first kappa shape index (κ1) is 15.8. The van der Waals surface area contributed by atoms with Gasteiger partial charge in [0, 0.05) is 18.0 Å². The van der Waals surface area contributed by atoms with Crippen molar-refractivity contribution in [3.8, 4) is 11.5 Å². The Kier molecular flexibility index (Phi) is 4.95. The van der Waals surface area contributed by atoms with Crippen LogP contribution in [0.5, 0.6) is 11.5 Å². The Morgan fingerprint density at radius 3 is 2.55 bits per heavy atom. The quantitative estimate of drug-likeness (QED) is 0.884. The molecule has 114 valence electrons. The molecule has 0 bridgehead atoms. The van der Waals surface area contributed by atoms with Crippen LogP contribution < -0.4 is 10.1 Å². The third-order valence-electron chi connectivity index (χ3n) is 2.79. The molecule has 1 aromatic heterocycles. The van der Waals surface area contributed by atoms with E-state index >= 15 is 0 Å². The second-order valence-corrected chi connectivity index (χ2v) is 4.87. The third-order valence-corrected chi connectivity index (χ3v) is 3.09. The molecule has 2 rings (SSSR count). The number of rotatable bonds is 5. The van der Waals surface area contributed by atoms with Gasteiger partial charge in [0.1, 0.15) is 17.5 Å². The summed E-state index contributed by atoms with van der Waals surface area (Å²) >= 11 is 6.09. The van der Waals surface area contributed by atoms with Crippen molar-refractivity contribution >= 4 is 23.5 Å². The second-order valence-electron chi connectivity index (χ2n) is 4.46. The van der Waals surface area contributed by atoms with Gasteiger partial charge in [0.05, 0.1) is 5.02 Å². The molecule has 2 aromatic rings. The van der Waals surface area contributed by atoms with Crippen molar-refractivity contribution in [2.45, 2.75) is 13.0 Å². The summed E-state index contributed by atoms with van der Waals surface area (Å²) in [7, 11) is 0. The van der Waals surface area contributed by atoms with Crippen LogP contribution in [-0.2, 0) is 4.79 Å². The maximum absolute atomic E-state index is 11.9. The lowest BCUT2D eigenvalue weighted by molar-refractivity contribution is -0.138. The number of carboxylic acid groups (broad SMARTS) is 1. The predicted octanol–water partition coefficient (Wildman–Crippen LogP) is 2.73. The van der Waals surface area contributed by atoms with Crippen molar-refractivity contribution < 1.29 is 19.4 Å². The molecule has 0 aliphatic heterocycles. The number of hydrogen-bond acceptors (Lipinski definition) is 4. The topological polar surface area (TPSA) is 88.5 Å². The average molecular weight is 321 g/mol. The van der Waals surface area contributed by atoms with E-state index in [2.05, 4.69) is 10.3 Å². The summed E-state index contributed by atoms with van der Waals surface area (Å²) in [6.07, 6.45) is 3.16. The van der Waals surface area contributed by atoms with E-state index in [0.717, 1.165) is 0 Å². The van der Waals surface area contributed by atoms with Crippen LogP contribution in [0.2, 0.25) is 5.02 Å². The zero-order chi connectivity index (χ0) is 16.1. The normalized spacial score (nSPS) is 11.5. The first-order valence-electron chi connectivity index (χ1n) is 6.38. The summed E-state index contributed by atoms with van der Waals surface area (Å²) in [6.45, 7) is 1.38. The molecule has 1 unspecified atom stereocenters.